The maximum Gasteiger partial charge on any atom is 0.434 e. The van der Waals surface area contributed by atoms with E-state index in [1.807, 2.05) is 0 Å². The van der Waals surface area contributed by atoms with Gasteiger partial charge < -0.3 is 25.2 Å². The summed E-state index contributed by atoms with van der Waals surface area (Å²) in [5.41, 5.74) is -1.70. The average Bonchev–Trinajstić information content (AvgIpc) is 3.38. The Balaban J connectivity index is 1.79. The predicted octanol–water partition coefficient (Wildman–Crippen LogP) is 2.41. The molecule has 16 heteroatoms. The molecule has 3 rings (SSSR count). The van der Waals surface area contributed by atoms with Crippen LogP contribution in [-0.4, -0.2) is 75.7 Å². The Morgan fingerprint density at radius 1 is 1.29 bits per heavy atom. The van der Waals surface area contributed by atoms with Gasteiger partial charge in [0.2, 0.25) is 0 Å². The largest absolute Gasteiger partial charge is 0.486 e. The lowest BCUT2D eigenvalue weighted by atomic mass is 10.2. The van der Waals surface area contributed by atoms with E-state index in [9.17, 15) is 33.6 Å². The van der Waals surface area contributed by atoms with Crippen molar-refractivity contribution in [3.05, 3.63) is 34.6 Å². The van der Waals surface area contributed by atoms with Crippen LogP contribution in [0, 0.1) is 0 Å². The topological polar surface area (TPSA) is 147 Å². The number of hydrogen-bond donors (Lipinski definition) is 4. The Morgan fingerprint density at radius 3 is 2.59 bits per heavy atom. The van der Waals surface area contributed by atoms with Gasteiger partial charge in [0, 0.05) is 16.5 Å². The number of thiazole rings is 1. The molecule has 4 atom stereocenters. The highest BCUT2D eigenvalue weighted by molar-refractivity contribution is 7.99. The van der Waals surface area contributed by atoms with E-state index in [1.165, 1.54) is 17.8 Å². The van der Waals surface area contributed by atoms with Gasteiger partial charge in [-0.25, -0.2) is 14.6 Å². The number of aliphatic hydroxyl groups excluding tert-OH is 3. The molecule has 3 heterocycles. The lowest BCUT2D eigenvalue weighted by molar-refractivity contribution is -0.141. The first kappa shape index (κ1) is 26.6. The van der Waals surface area contributed by atoms with E-state index < -0.39 is 47.2 Å². The van der Waals surface area contributed by atoms with Crippen LogP contribution >= 0.6 is 34.7 Å². The van der Waals surface area contributed by atoms with Crippen molar-refractivity contribution in [3.8, 4) is 16.6 Å². The Hall–Kier alpha value is -2.01. The molecule has 0 aromatic carbocycles. The van der Waals surface area contributed by atoms with Crippen molar-refractivity contribution in [2.75, 3.05) is 6.61 Å². The highest BCUT2D eigenvalue weighted by Crippen LogP contribution is 2.36. The summed E-state index contributed by atoms with van der Waals surface area (Å²) in [5, 5.41) is 48.1. The van der Waals surface area contributed by atoms with E-state index in [4.69, 9.17) is 16.3 Å². The molecule has 0 radical (unpaired) electrons. The molecule has 0 aliphatic heterocycles. The summed E-state index contributed by atoms with van der Waals surface area (Å²) in [6.45, 7) is 0.632. The SMILES string of the molecule is C[C@@H](O)C(CO)OC(Sc1cnc(C(F)(F)F)c(Cl)c1)[C@@H](O)Cn1cc(-c2csc(O)n2)nn1. The zero-order chi connectivity index (χ0) is 25.0. The molecule has 186 valence electrons. The number of aromatic hydroxyl groups is 1. The number of pyridine rings is 1. The van der Waals surface area contributed by atoms with Crippen molar-refractivity contribution in [2.24, 2.45) is 0 Å². The van der Waals surface area contributed by atoms with Gasteiger partial charge in [-0.1, -0.05) is 39.9 Å². The van der Waals surface area contributed by atoms with Gasteiger partial charge in [0.15, 0.2) is 5.69 Å². The van der Waals surface area contributed by atoms with Crippen molar-refractivity contribution in [1.29, 1.82) is 0 Å². The highest BCUT2D eigenvalue weighted by Gasteiger charge is 2.36. The number of nitrogens with zero attached hydrogens (tertiary/aromatic N) is 5. The van der Waals surface area contributed by atoms with E-state index in [1.54, 1.807) is 5.38 Å². The van der Waals surface area contributed by atoms with Crippen molar-refractivity contribution < 1.29 is 38.3 Å². The molecule has 3 aromatic heterocycles. The minimum Gasteiger partial charge on any atom is -0.486 e. The van der Waals surface area contributed by atoms with Gasteiger partial charge in [-0.05, 0) is 13.0 Å². The number of ether oxygens (including phenoxy) is 1. The minimum atomic E-state index is -4.73. The first-order chi connectivity index (χ1) is 16.0. The second-order valence-corrected chi connectivity index (χ2v) is 9.41. The third-order valence-corrected chi connectivity index (χ3v) is 6.43. The number of thioether (sulfide) groups is 1. The molecule has 3 aromatic rings. The molecule has 0 fully saturated rings. The lowest BCUT2D eigenvalue weighted by Crippen LogP contribution is -2.39. The fourth-order valence-corrected chi connectivity index (χ4v) is 4.56. The molecule has 10 nitrogen and oxygen atoms in total. The number of aliphatic hydroxyl groups is 3. The van der Waals surface area contributed by atoms with E-state index in [0.29, 0.717) is 11.4 Å². The lowest BCUT2D eigenvalue weighted by Gasteiger charge is -2.28. The zero-order valence-corrected chi connectivity index (χ0v) is 19.7. The molecule has 4 N–H and O–H groups in total. The molecule has 34 heavy (non-hydrogen) atoms. The van der Waals surface area contributed by atoms with Crippen molar-refractivity contribution in [3.63, 3.8) is 0 Å². The van der Waals surface area contributed by atoms with Gasteiger partial charge >= 0.3 is 6.18 Å². The first-order valence-corrected chi connectivity index (χ1v) is 11.7. The Labute approximate surface area is 204 Å². The smallest absolute Gasteiger partial charge is 0.434 e. The van der Waals surface area contributed by atoms with Crippen LogP contribution in [0.2, 0.25) is 5.02 Å². The highest BCUT2D eigenvalue weighted by atomic mass is 35.5. The fraction of sp³-hybridized carbons (Fsp3) is 0.444. The van der Waals surface area contributed by atoms with Crippen molar-refractivity contribution >= 4 is 34.7 Å². The maximum absolute atomic E-state index is 12.9. The third kappa shape index (κ3) is 6.78. The van der Waals surface area contributed by atoms with Crippen LogP contribution in [-0.2, 0) is 17.5 Å². The van der Waals surface area contributed by atoms with Gasteiger partial charge in [-0.15, -0.1) is 5.10 Å². The normalized spacial score (nSPS) is 15.8. The molecule has 0 bridgehead atoms. The Morgan fingerprint density at radius 2 is 2.03 bits per heavy atom. The molecule has 0 saturated heterocycles. The van der Waals surface area contributed by atoms with E-state index >= 15 is 0 Å². The summed E-state index contributed by atoms with van der Waals surface area (Å²) in [7, 11) is 0. The molecule has 0 aliphatic rings. The van der Waals surface area contributed by atoms with Crippen LogP contribution in [0.3, 0.4) is 0 Å². The van der Waals surface area contributed by atoms with Crippen LogP contribution in [0.4, 0.5) is 13.2 Å². The van der Waals surface area contributed by atoms with Gasteiger partial charge in [-0.3, -0.25) is 0 Å². The molecule has 0 saturated carbocycles. The summed E-state index contributed by atoms with van der Waals surface area (Å²) in [5.74, 6) is 0. The second-order valence-electron chi connectivity index (χ2n) is 6.99. The van der Waals surface area contributed by atoms with Gasteiger partial charge in [0.25, 0.3) is 5.19 Å². The van der Waals surface area contributed by atoms with Gasteiger partial charge in [0.05, 0.1) is 30.5 Å². The summed E-state index contributed by atoms with van der Waals surface area (Å²) >= 11 is 7.54. The first-order valence-electron chi connectivity index (χ1n) is 9.54. The molecule has 0 spiro atoms. The number of aromatic nitrogens is 5. The average molecular weight is 542 g/mol. The number of alkyl halides is 3. The molecule has 2 unspecified atom stereocenters. The summed E-state index contributed by atoms with van der Waals surface area (Å²) in [6, 6.07) is 1.03. The molecule has 0 amide bonds. The third-order valence-electron chi connectivity index (χ3n) is 4.35. The molecular weight excluding hydrogens is 523 g/mol. The van der Waals surface area contributed by atoms with Crippen LogP contribution in [0.15, 0.2) is 28.7 Å². The number of halogens is 4. The second kappa shape index (κ2) is 11.2. The van der Waals surface area contributed by atoms with E-state index in [0.717, 1.165) is 35.4 Å². The summed E-state index contributed by atoms with van der Waals surface area (Å²) < 4.78 is 45.7. The number of rotatable bonds is 10. The monoisotopic (exact) mass is 541 g/mol. The molecular formula is C18H19ClF3N5O5S2. The summed E-state index contributed by atoms with van der Waals surface area (Å²) in [4.78, 5) is 7.38. The van der Waals surface area contributed by atoms with Crippen LogP contribution in [0.1, 0.15) is 12.6 Å². The van der Waals surface area contributed by atoms with Crippen molar-refractivity contribution in [2.45, 2.75) is 48.3 Å². The quantitative estimate of drug-likeness (QED) is 0.223. The Bertz CT molecular complexity index is 1100. The predicted molar refractivity (Wildman–Crippen MR) is 116 cm³/mol. The van der Waals surface area contributed by atoms with Crippen LogP contribution in [0.5, 0.6) is 5.19 Å². The number of hydrogen-bond acceptors (Lipinski definition) is 11. The van der Waals surface area contributed by atoms with Crippen LogP contribution < -0.4 is 0 Å². The zero-order valence-electron chi connectivity index (χ0n) is 17.3. The van der Waals surface area contributed by atoms with Gasteiger partial charge in [0.1, 0.15) is 29.0 Å². The molecule has 0 aliphatic carbocycles. The Kier molecular flexibility index (Phi) is 8.72. The van der Waals surface area contributed by atoms with Gasteiger partial charge in [-0.2, -0.15) is 13.2 Å². The summed E-state index contributed by atoms with van der Waals surface area (Å²) in [6.07, 6.45) is -5.85. The van der Waals surface area contributed by atoms with E-state index in [-0.39, 0.29) is 16.6 Å². The van der Waals surface area contributed by atoms with Crippen LogP contribution in [0.25, 0.3) is 11.4 Å². The minimum absolute atomic E-state index is 0.147. The fourth-order valence-electron chi connectivity index (χ4n) is 2.67. The maximum atomic E-state index is 12.9. The standard InChI is InChI=1S/C18H19ClF3N5O5S2/c1-8(29)14(6-28)32-16(34-9-2-10(19)15(23-3-9)18(20,21)22)13(30)5-27-4-11(25-26-27)12-7-33-17(31)24-12/h2-4,7-8,13-14,16,28-30H,5-6H2,1H3,(H,24,31)/t8-,13+,14?,16?/m1/s1. The van der Waals surface area contributed by atoms with Crippen molar-refractivity contribution in [1.82, 2.24) is 25.0 Å². The van der Waals surface area contributed by atoms with E-state index in [2.05, 4.69) is 20.3 Å².